The van der Waals surface area contributed by atoms with Crippen LogP contribution in [0.5, 0.6) is 17.2 Å². The Hall–Kier alpha value is -3.59. The Morgan fingerprint density at radius 2 is 1.71 bits per heavy atom. The molecule has 0 radical (unpaired) electrons. The Balaban J connectivity index is 1.84. The van der Waals surface area contributed by atoms with E-state index in [0.29, 0.717) is 28.5 Å². The van der Waals surface area contributed by atoms with Crippen molar-refractivity contribution in [3.63, 3.8) is 0 Å². The summed E-state index contributed by atoms with van der Waals surface area (Å²) in [5.74, 6) is -1.73. The number of ether oxygens (including phenoxy) is 4. The van der Waals surface area contributed by atoms with Crippen LogP contribution < -0.4 is 24.4 Å². The first kappa shape index (κ1) is 23.6. The third-order valence-corrected chi connectivity index (χ3v) is 6.57. The Labute approximate surface area is 197 Å². The van der Waals surface area contributed by atoms with Crippen molar-refractivity contribution in [1.82, 2.24) is 5.32 Å². The van der Waals surface area contributed by atoms with Gasteiger partial charge in [-0.15, -0.1) is 0 Å². The van der Waals surface area contributed by atoms with E-state index in [-0.39, 0.29) is 6.61 Å². The Bertz CT molecular complexity index is 1130. The Morgan fingerprint density at radius 3 is 2.35 bits per heavy atom. The van der Waals surface area contributed by atoms with Gasteiger partial charge in [0, 0.05) is 23.7 Å². The van der Waals surface area contributed by atoms with Gasteiger partial charge in [-0.2, -0.15) is 0 Å². The molecule has 0 aliphatic carbocycles. The molecule has 2 aliphatic rings. The highest BCUT2D eigenvalue weighted by Crippen LogP contribution is 2.51. The number of anilines is 1. The van der Waals surface area contributed by atoms with Crippen LogP contribution in [-0.4, -0.2) is 51.3 Å². The molecule has 2 heterocycles. The number of carbonyl (C=O) groups is 3. The van der Waals surface area contributed by atoms with Crippen LogP contribution in [0.25, 0.3) is 0 Å². The van der Waals surface area contributed by atoms with Crippen LogP contribution in [-0.2, 0) is 19.1 Å². The van der Waals surface area contributed by atoms with Gasteiger partial charge in [0.2, 0.25) is 11.8 Å². The number of nitrogens with one attached hydrogen (secondary N) is 1. The van der Waals surface area contributed by atoms with Crippen LogP contribution in [0.4, 0.5) is 5.69 Å². The highest BCUT2D eigenvalue weighted by atomic mass is 16.5. The molecular weight excluding hydrogens is 440 g/mol. The molecule has 180 valence electrons. The van der Waals surface area contributed by atoms with Crippen LogP contribution >= 0.6 is 0 Å². The van der Waals surface area contributed by atoms with Crippen LogP contribution in [0.1, 0.15) is 25.5 Å². The van der Waals surface area contributed by atoms with Crippen LogP contribution in [0.15, 0.2) is 42.5 Å². The zero-order valence-corrected chi connectivity index (χ0v) is 19.8. The molecule has 2 saturated heterocycles. The summed E-state index contributed by atoms with van der Waals surface area (Å²) in [6.45, 7) is 3.45. The molecule has 2 aliphatic heterocycles. The highest BCUT2D eigenvalue weighted by molar-refractivity contribution is 6.24. The fourth-order valence-corrected chi connectivity index (χ4v) is 4.95. The van der Waals surface area contributed by atoms with Gasteiger partial charge in [0.25, 0.3) is 0 Å². The number of carbonyl (C=O) groups excluding carboxylic acids is 3. The lowest BCUT2D eigenvalue weighted by Crippen LogP contribution is -2.54. The number of fused-ring (bicyclic) bond motifs is 1. The van der Waals surface area contributed by atoms with Crippen molar-refractivity contribution < 1.29 is 33.3 Å². The monoisotopic (exact) mass is 468 g/mol. The topological polar surface area (TPSA) is 103 Å². The van der Waals surface area contributed by atoms with Gasteiger partial charge < -0.3 is 18.9 Å². The van der Waals surface area contributed by atoms with Gasteiger partial charge in [-0.05, 0) is 32.0 Å². The lowest BCUT2D eigenvalue weighted by Gasteiger charge is -2.29. The quantitative estimate of drug-likeness (QED) is 0.488. The van der Waals surface area contributed by atoms with E-state index in [2.05, 4.69) is 5.32 Å². The molecule has 0 unspecified atom stereocenters. The van der Waals surface area contributed by atoms with Gasteiger partial charge in [0.05, 0.1) is 45.5 Å². The van der Waals surface area contributed by atoms with Crippen molar-refractivity contribution in [2.75, 3.05) is 32.8 Å². The van der Waals surface area contributed by atoms with Gasteiger partial charge >= 0.3 is 5.97 Å². The molecule has 0 bridgehead atoms. The van der Waals surface area contributed by atoms with Gasteiger partial charge in [0.15, 0.2) is 0 Å². The standard InChI is InChI=1S/C25H28N2O7/c1-6-34-24(30)25(2)20-19(21(26-25)17-11-10-16(32-4)13-18(17)33-5)22(28)27(23(20)29)14-8-7-9-15(12-14)31-3/h7-13,19-21,26H,6H2,1-5H3/t19-,20-,21+,25+/m0/s1. The fraction of sp³-hybridized carbons (Fsp3) is 0.400. The average molecular weight is 469 g/mol. The predicted molar refractivity (Wildman–Crippen MR) is 123 cm³/mol. The van der Waals surface area contributed by atoms with E-state index in [0.717, 1.165) is 4.90 Å². The molecule has 0 saturated carbocycles. The van der Waals surface area contributed by atoms with Crippen molar-refractivity contribution in [2.45, 2.75) is 25.4 Å². The number of imide groups is 1. The number of benzene rings is 2. The molecule has 0 aromatic heterocycles. The second-order valence-corrected chi connectivity index (χ2v) is 8.37. The highest BCUT2D eigenvalue weighted by Gasteiger charge is 2.67. The second-order valence-electron chi connectivity index (χ2n) is 8.37. The molecule has 2 fully saturated rings. The number of nitrogens with zero attached hydrogens (tertiary/aromatic N) is 1. The summed E-state index contributed by atoms with van der Waals surface area (Å²) in [7, 11) is 4.57. The Kier molecular flexibility index (Phi) is 6.22. The molecule has 2 aromatic rings. The summed E-state index contributed by atoms with van der Waals surface area (Å²) in [5, 5.41) is 3.25. The molecule has 4 atom stereocenters. The summed E-state index contributed by atoms with van der Waals surface area (Å²) >= 11 is 0. The number of methoxy groups -OCH3 is 3. The smallest absolute Gasteiger partial charge is 0.326 e. The minimum absolute atomic E-state index is 0.145. The van der Waals surface area contributed by atoms with Crippen LogP contribution in [0.2, 0.25) is 0 Å². The van der Waals surface area contributed by atoms with E-state index in [1.807, 2.05) is 0 Å². The molecule has 9 nitrogen and oxygen atoms in total. The van der Waals surface area contributed by atoms with Crippen molar-refractivity contribution in [2.24, 2.45) is 11.8 Å². The summed E-state index contributed by atoms with van der Waals surface area (Å²) in [4.78, 5) is 41.7. The molecule has 4 rings (SSSR count). The van der Waals surface area contributed by atoms with E-state index in [1.165, 1.54) is 14.2 Å². The normalized spacial score (nSPS) is 25.8. The Morgan fingerprint density at radius 1 is 1.00 bits per heavy atom. The second kappa shape index (κ2) is 8.98. The van der Waals surface area contributed by atoms with Crippen molar-refractivity contribution >= 4 is 23.5 Å². The number of amides is 2. The summed E-state index contributed by atoms with van der Waals surface area (Å²) in [6, 6.07) is 11.3. The molecule has 0 spiro atoms. The van der Waals surface area contributed by atoms with Crippen molar-refractivity contribution in [1.29, 1.82) is 0 Å². The van der Waals surface area contributed by atoms with E-state index in [1.54, 1.807) is 63.4 Å². The molecule has 1 N–H and O–H groups in total. The molecule has 9 heteroatoms. The SMILES string of the molecule is CCOC(=O)[C@]1(C)N[C@H](c2ccc(OC)cc2OC)[C@H]2C(=O)N(c3cccc(OC)c3)C(=O)[C@H]21. The molecule has 2 amide bonds. The minimum atomic E-state index is -1.42. The fourth-order valence-electron chi connectivity index (χ4n) is 4.95. The first-order valence-electron chi connectivity index (χ1n) is 11.0. The van der Waals surface area contributed by atoms with Crippen molar-refractivity contribution in [3.05, 3.63) is 48.0 Å². The maximum Gasteiger partial charge on any atom is 0.326 e. The maximum absolute atomic E-state index is 13.8. The van der Waals surface area contributed by atoms with Crippen molar-refractivity contribution in [3.8, 4) is 17.2 Å². The molecule has 2 aromatic carbocycles. The average Bonchev–Trinajstić information content (AvgIpc) is 3.31. The largest absolute Gasteiger partial charge is 0.497 e. The summed E-state index contributed by atoms with van der Waals surface area (Å²) < 4.78 is 21.4. The summed E-state index contributed by atoms with van der Waals surface area (Å²) in [6.07, 6.45) is 0. The van der Waals surface area contributed by atoms with Gasteiger partial charge in [-0.3, -0.25) is 19.7 Å². The predicted octanol–water partition coefficient (Wildman–Crippen LogP) is 2.48. The van der Waals surface area contributed by atoms with Gasteiger partial charge in [-0.1, -0.05) is 12.1 Å². The lowest BCUT2D eigenvalue weighted by molar-refractivity contribution is -0.153. The van der Waals surface area contributed by atoms with Gasteiger partial charge in [0.1, 0.15) is 22.8 Å². The van der Waals surface area contributed by atoms with E-state index in [9.17, 15) is 14.4 Å². The number of hydrogen-bond acceptors (Lipinski definition) is 8. The zero-order valence-electron chi connectivity index (χ0n) is 19.8. The van der Waals surface area contributed by atoms with Crippen LogP contribution in [0, 0.1) is 11.8 Å². The zero-order chi connectivity index (χ0) is 24.6. The lowest BCUT2D eigenvalue weighted by atomic mass is 9.80. The van der Waals surface area contributed by atoms with E-state index in [4.69, 9.17) is 18.9 Å². The third kappa shape index (κ3) is 3.56. The first-order chi connectivity index (χ1) is 16.3. The number of rotatable bonds is 7. The summed E-state index contributed by atoms with van der Waals surface area (Å²) in [5.41, 5.74) is -0.397. The van der Waals surface area contributed by atoms with Crippen LogP contribution in [0.3, 0.4) is 0 Å². The molecular formula is C25H28N2O7. The van der Waals surface area contributed by atoms with E-state index < -0.39 is 41.2 Å². The third-order valence-electron chi connectivity index (χ3n) is 6.57. The number of esters is 1. The minimum Gasteiger partial charge on any atom is -0.497 e. The number of hydrogen-bond donors (Lipinski definition) is 1. The first-order valence-corrected chi connectivity index (χ1v) is 11.0. The van der Waals surface area contributed by atoms with Gasteiger partial charge in [-0.25, -0.2) is 4.90 Å². The van der Waals surface area contributed by atoms with E-state index >= 15 is 0 Å². The maximum atomic E-state index is 13.8. The molecule has 34 heavy (non-hydrogen) atoms.